The minimum Gasteiger partial charge on any atom is -0.393 e. The van der Waals surface area contributed by atoms with Crippen molar-refractivity contribution >= 4 is 17.3 Å². The molecule has 0 bridgehead atoms. The van der Waals surface area contributed by atoms with Crippen LogP contribution in [0.4, 0.5) is 0 Å². The first-order chi connectivity index (χ1) is 8.91. The van der Waals surface area contributed by atoms with Crippen LogP contribution in [0.2, 0.25) is 0 Å². The lowest BCUT2D eigenvalue weighted by molar-refractivity contribution is -0.122. The summed E-state index contributed by atoms with van der Waals surface area (Å²) in [4.78, 5) is 34.7. The molecule has 0 aliphatic heterocycles. The molecule has 0 saturated carbocycles. The lowest BCUT2D eigenvalue weighted by Gasteiger charge is -2.16. The van der Waals surface area contributed by atoms with Gasteiger partial charge in [0.1, 0.15) is 11.6 Å². The molecule has 0 aliphatic rings. The van der Waals surface area contributed by atoms with Gasteiger partial charge in [-0.25, -0.2) is 0 Å². The molecule has 0 aromatic heterocycles. The van der Waals surface area contributed by atoms with Gasteiger partial charge in [0.05, 0.1) is 12.0 Å². The van der Waals surface area contributed by atoms with E-state index in [9.17, 15) is 19.5 Å². The number of aliphatic hydroxyl groups is 1. The Labute approximate surface area is 112 Å². The number of aliphatic hydroxyl groups excluding tert-OH is 1. The number of rotatable bonds is 7. The van der Waals surface area contributed by atoms with Gasteiger partial charge in [0, 0.05) is 12.0 Å². The first-order valence-corrected chi connectivity index (χ1v) is 6.19. The van der Waals surface area contributed by atoms with Gasteiger partial charge in [0.15, 0.2) is 5.78 Å². The second-order valence-corrected chi connectivity index (χ2v) is 4.69. The number of ketones is 3. The van der Waals surface area contributed by atoms with E-state index < -0.39 is 12.0 Å². The minimum atomic E-state index is -0.959. The maximum absolute atomic E-state index is 12.2. The van der Waals surface area contributed by atoms with E-state index in [4.69, 9.17) is 0 Å². The van der Waals surface area contributed by atoms with Crippen LogP contribution in [0.25, 0.3) is 0 Å². The van der Waals surface area contributed by atoms with Crippen molar-refractivity contribution in [3.8, 4) is 0 Å². The molecule has 0 amide bonds. The zero-order chi connectivity index (χ0) is 14.4. The highest BCUT2D eigenvalue weighted by Crippen LogP contribution is 2.17. The molecular formula is C15H18O4. The smallest absolute Gasteiger partial charge is 0.173 e. The number of Topliss-reactive ketones (excluding diaryl/α,β-unsaturated/α-hetero) is 3. The van der Waals surface area contributed by atoms with Crippen LogP contribution in [0.3, 0.4) is 0 Å². The molecule has 102 valence electrons. The van der Waals surface area contributed by atoms with Crippen LogP contribution in [0.15, 0.2) is 30.3 Å². The van der Waals surface area contributed by atoms with Crippen LogP contribution in [0, 0.1) is 5.92 Å². The summed E-state index contributed by atoms with van der Waals surface area (Å²) >= 11 is 0. The van der Waals surface area contributed by atoms with Crippen LogP contribution >= 0.6 is 0 Å². The van der Waals surface area contributed by atoms with Crippen molar-refractivity contribution in [2.45, 2.75) is 32.8 Å². The first-order valence-electron chi connectivity index (χ1n) is 6.19. The van der Waals surface area contributed by atoms with E-state index in [0.717, 1.165) is 0 Å². The van der Waals surface area contributed by atoms with Crippen LogP contribution in [0.5, 0.6) is 0 Å². The molecule has 0 heterocycles. The summed E-state index contributed by atoms with van der Waals surface area (Å²) in [6, 6.07) is 8.49. The van der Waals surface area contributed by atoms with Crippen molar-refractivity contribution < 1.29 is 19.5 Å². The highest BCUT2D eigenvalue weighted by atomic mass is 16.3. The van der Waals surface area contributed by atoms with Crippen molar-refractivity contribution in [3.63, 3.8) is 0 Å². The average Bonchev–Trinajstić information content (AvgIpc) is 2.35. The van der Waals surface area contributed by atoms with E-state index in [2.05, 4.69) is 0 Å². The van der Waals surface area contributed by atoms with Gasteiger partial charge in [-0.3, -0.25) is 14.4 Å². The Morgan fingerprint density at radius 2 is 1.68 bits per heavy atom. The van der Waals surface area contributed by atoms with E-state index in [-0.39, 0.29) is 30.2 Å². The summed E-state index contributed by atoms with van der Waals surface area (Å²) < 4.78 is 0. The molecule has 4 nitrogen and oxygen atoms in total. The Morgan fingerprint density at radius 1 is 1.11 bits per heavy atom. The predicted octanol–water partition coefficient (Wildman–Crippen LogP) is 1.80. The summed E-state index contributed by atoms with van der Waals surface area (Å²) in [5.74, 6) is -1.66. The second-order valence-electron chi connectivity index (χ2n) is 4.69. The van der Waals surface area contributed by atoms with Crippen LogP contribution in [-0.4, -0.2) is 28.6 Å². The van der Waals surface area contributed by atoms with Crippen molar-refractivity contribution in [2.75, 3.05) is 0 Å². The Bertz CT molecular complexity index is 464. The van der Waals surface area contributed by atoms with Crippen molar-refractivity contribution in [2.24, 2.45) is 5.92 Å². The monoisotopic (exact) mass is 262 g/mol. The van der Waals surface area contributed by atoms with E-state index in [1.165, 1.54) is 13.8 Å². The molecule has 1 N–H and O–H groups in total. The van der Waals surface area contributed by atoms with Gasteiger partial charge in [0.2, 0.25) is 0 Å². The Morgan fingerprint density at radius 3 is 2.16 bits per heavy atom. The minimum absolute atomic E-state index is 0.0113. The standard InChI is InChI=1S/C15H18O4/c1-10(16)8-13(18)9-14(11(2)17)15(19)12-6-4-3-5-7-12/h3-7,13-14,18H,8-9H2,1-2H3. The van der Waals surface area contributed by atoms with Crippen molar-refractivity contribution in [1.82, 2.24) is 0 Å². The molecule has 1 aromatic carbocycles. The molecular weight excluding hydrogens is 244 g/mol. The number of hydrogen-bond acceptors (Lipinski definition) is 4. The summed E-state index contributed by atoms with van der Waals surface area (Å²) in [6.07, 6.45) is -1.01. The maximum Gasteiger partial charge on any atom is 0.173 e. The quantitative estimate of drug-likeness (QED) is 0.601. The third kappa shape index (κ3) is 4.75. The molecule has 0 radical (unpaired) electrons. The normalized spacial score (nSPS) is 13.6. The summed E-state index contributed by atoms with van der Waals surface area (Å²) in [5, 5.41) is 9.71. The number of benzene rings is 1. The molecule has 0 aliphatic carbocycles. The molecule has 0 fully saturated rings. The Balaban J connectivity index is 2.81. The van der Waals surface area contributed by atoms with E-state index >= 15 is 0 Å². The highest BCUT2D eigenvalue weighted by Gasteiger charge is 2.27. The van der Waals surface area contributed by atoms with Gasteiger partial charge < -0.3 is 5.11 Å². The average molecular weight is 262 g/mol. The zero-order valence-corrected chi connectivity index (χ0v) is 11.1. The third-order valence-corrected chi connectivity index (χ3v) is 2.90. The van der Waals surface area contributed by atoms with E-state index in [0.29, 0.717) is 5.56 Å². The molecule has 1 rings (SSSR count). The van der Waals surface area contributed by atoms with Gasteiger partial charge in [-0.05, 0) is 20.3 Å². The fraction of sp³-hybridized carbons (Fsp3) is 0.400. The van der Waals surface area contributed by atoms with Gasteiger partial charge >= 0.3 is 0 Å². The topological polar surface area (TPSA) is 71.4 Å². The number of hydrogen-bond donors (Lipinski definition) is 1. The van der Waals surface area contributed by atoms with Gasteiger partial charge in [-0.15, -0.1) is 0 Å². The molecule has 0 saturated heterocycles. The van der Waals surface area contributed by atoms with Gasteiger partial charge in [-0.1, -0.05) is 30.3 Å². The maximum atomic E-state index is 12.2. The van der Waals surface area contributed by atoms with Crippen molar-refractivity contribution in [3.05, 3.63) is 35.9 Å². The summed E-state index contributed by atoms with van der Waals surface area (Å²) in [7, 11) is 0. The van der Waals surface area contributed by atoms with Gasteiger partial charge in [0.25, 0.3) is 0 Å². The zero-order valence-electron chi connectivity index (χ0n) is 11.1. The fourth-order valence-corrected chi connectivity index (χ4v) is 1.95. The number of carbonyl (C=O) groups excluding carboxylic acids is 3. The third-order valence-electron chi connectivity index (χ3n) is 2.90. The molecule has 2 atom stereocenters. The summed E-state index contributed by atoms with van der Waals surface area (Å²) in [5.41, 5.74) is 0.442. The fourth-order valence-electron chi connectivity index (χ4n) is 1.95. The Hall–Kier alpha value is -1.81. The summed E-state index contributed by atoms with van der Waals surface area (Å²) in [6.45, 7) is 2.69. The predicted molar refractivity (Wildman–Crippen MR) is 70.9 cm³/mol. The lowest BCUT2D eigenvalue weighted by atomic mass is 9.88. The first kappa shape index (κ1) is 15.2. The highest BCUT2D eigenvalue weighted by molar-refractivity contribution is 6.10. The molecule has 0 spiro atoms. The van der Waals surface area contributed by atoms with E-state index in [1.54, 1.807) is 30.3 Å². The molecule has 19 heavy (non-hydrogen) atoms. The number of carbonyl (C=O) groups is 3. The largest absolute Gasteiger partial charge is 0.393 e. The van der Waals surface area contributed by atoms with Gasteiger partial charge in [-0.2, -0.15) is 0 Å². The van der Waals surface area contributed by atoms with E-state index in [1.807, 2.05) is 0 Å². The molecule has 1 aromatic rings. The molecule has 2 unspecified atom stereocenters. The van der Waals surface area contributed by atoms with Crippen LogP contribution in [0.1, 0.15) is 37.0 Å². The lowest BCUT2D eigenvalue weighted by Crippen LogP contribution is -2.28. The Kier molecular flexibility index (Phi) is 5.57. The SMILES string of the molecule is CC(=O)CC(O)CC(C(C)=O)C(=O)c1ccccc1. The molecule has 4 heteroatoms. The van der Waals surface area contributed by atoms with Crippen molar-refractivity contribution in [1.29, 1.82) is 0 Å². The van der Waals surface area contributed by atoms with Crippen LogP contribution in [-0.2, 0) is 9.59 Å². The second kappa shape index (κ2) is 6.95. The van der Waals surface area contributed by atoms with Crippen LogP contribution < -0.4 is 0 Å².